The average molecular weight is 303 g/mol. The molecule has 0 bridgehead atoms. The first-order valence-electron chi connectivity index (χ1n) is 5.86. The van der Waals surface area contributed by atoms with Crippen LogP contribution in [0.4, 0.5) is 11.5 Å². The van der Waals surface area contributed by atoms with Gasteiger partial charge in [0, 0.05) is 6.20 Å². The largest absolute Gasteiger partial charge is 0.495 e. The summed E-state index contributed by atoms with van der Waals surface area (Å²) in [4.78, 5) is 16.1. The summed E-state index contributed by atoms with van der Waals surface area (Å²) in [6.45, 7) is 0. The van der Waals surface area contributed by atoms with Crippen molar-refractivity contribution in [1.29, 1.82) is 5.26 Å². The molecule has 106 valence electrons. The third kappa shape index (κ3) is 3.04. The Morgan fingerprint density at radius 2 is 2.29 bits per heavy atom. The zero-order chi connectivity index (χ0) is 15.4. The van der Waals surface area contributed by atoms with E-state index < -0.39 is 5.91 Å². The fourth-order valence-corrected chi connectivity index (χ4v) is 1.92. The van der Waals surface area contributed by atoms with Crippen LogP contribution in [0.5, 0.6) is 5.75 Å². The van der Waals surface area contributed by atoms with Crippen LogP contribution in [0.2, 0.25) is 5.02 Å². The molecule has 0 aliphatic rings. The van der Waals surface area contributed by atoms with Crippen LogP contribution in [0, 0.1) is 11.3 Å². The molecule has 21 heavy (non-hydrogen) atoms. The van der Waals surface area contributed by atoms with Crippen LogP contribution in [-0.4, -0.2) is 18.0 Å². The molecule has 1 aromatic heterocycles. The molecule has 6 nitrogen and oxygen atoms in total. The van der Waals surface area contributed by atoms with Crippen LogP contribution in [0.1, 0.15) is 15.9 Å². The number of anilines is 2. The lowest BCUT2D eigenvalue weighted by atomic mass is 10.1. The maximum absolute atomic E-state index is 12.3. The highest BCUT2D eigenvalue weighted by Crippen LogP contribution is 2.29. The van der Waals surface area contributed by atoms with Crippen LogP contribution < -0.4 is 15.8 Å². The van der Waals surface area contributed by atoms with Gasteiger partial charge in [0.1, 0.15) is 23.3 Å². The molecule has 0 atom stereocenters. The first-order chi connectivity index (χ1) is 10.1. The van der Waals surface area contributed by atoms with Crippen molar-refractivity contribution in [1.82, 2.24) is 4.98 Å². The minimum atomic E-state index is -0.505. The summed E-state index contributed by atoms with van der Waals surface area (Å²) in [7, 11) is 1.45. The molecule has 7 heteroatoms. The van der Waals surface area contributed by atoms with E-state index in [-0.39, 0.29) is 27.7 Å². The van der Waals surface area contributed by atoms with Crippen molar-refractivity contribution in [3.63, 3.8) is 0 Å². The van der Waals surface area contributed by atoms with Crippen molar-refractivity contribution < 1.29 is 9.53 Å². The lowest BCUT2D eigenvalue weighted by molar-refractivity contribution is 0.102. The molecule has 0 saturated heterocycles. The van der Waals surface area contributed by atoms with Crippen LogP contribution in [0.15, 0.2) is 30.5 Å². The second kappa shape index (κ2) is 6.11. The smallest absolute Gasteiger partial charge is 0.257 e. The number of hydrogen-bond donors (Lipinski definition) is 2. The Labute approximate surface area is 126 Å². The van der Waals surface area contributed by atoms with E-state index in [9.17, 15) is 4.79 Å². The molecular formula is C14H11ClN4O2. The molecule has 1 amide bonds. The second-order valence-corrected chi connectivity index (χ2v) is 4.44. The molecule has 3 N–H and O–H groups in total. The zero-order valence-electron chi connectivity index (χ0n) is 11.1. The van der Waals surface area contributed by atoms with Gasteiger partial charge in [0.2, 0.25) is 0 Å². The van der Waals surface area contributed by atoms with Gasteiger partial charge in [-0.3, -0.25) is 4.79 Å². The number of nitrogens with one attached hydrogen (secondary N) is 1. The lowest BCUT2D eigenvalue weighted by Gasteiger charge is -2.12. The van der Waals surface area contributed by atoms with E-state index in [0.29, 0.717) is 5.75 Å². The van der Waals surface area contributed by atoms with Gasteiger partial charge < -0.3 is 15.8 Å². The van der Waals surface area contributed by atoms with Crippen LogP contribution >= 0.6 is 11.6 Å². The molecule has 0 saturated carbocycles. The molecule has 0 aliphatic carbocycles. The van der Waals surface area contributed by atoms with E-state index in [1.807, 2.05) is 6.07 Å². The highest BCUT2D eigenvalue weighted by molar-refractivity contribution is 6.34. The number of carbonyl (C=O) groups is 1. The Morgan fingerprint density at radius 1 is 1.52 bits per heavy atom. The molecular weight excluding hydrogens is 292 g/mol. The molecule has 0 unspecified atom stereocenters. The number of carbonyl (C=O) groups excluding carboxylic acids is 1. The van der Waals surface area contributed by atoms with E-state index in [2.05, 4.69) is 10.3 Å². The lowest BCUT2D eigenvalue weighted by Crippen LogP contribution is -2.15. The van der Waals surface area contributed by atoms with Crippen molar-refractivity contribution >= 4 is 29.0 Å². The van der Waals surface area contributed by atoms with Gasteiger partial charge in [0.15, 0.2) is 0 Å². The second-order valence-electron chi connectivity index (χ2n) is 4.04. The average Bonchev–Trinajstić information content (AvgIpc) is 2.49. The van der Waals surface area contributed by atoms with Gasteiger partial charge in [-0.15, -0.1) is 0 Å². The van der Waals surface area contributed by atoms with Crippen molar-refractivity contribution in [3.05, 3.63) is 46.6 Å². The highest BCUT2D eigenvalue weighted by Gasteiger charge is 2.16. The summed E-state index contributed by atoms with van der Waals surface area (Å²) >= 11 is 5.93. The predicted molar refractivity (Wildman–Crippen MR) is 79.3 cm³/mol. The normalized spacial score (nSPS) is 9.76. The summed E-state index contributed by atoms with van der Waals surface area (Å²) in [6, 6.07) is 8.21. The molecule has 1 heterocycles. The van der Waals surface area contributed by atoms with Crippen molar-refractivity contribution in [2.45, 2.75) is 0 Å². The Hall–Kier alpha value is -2.78. The van der Waals surface area contributed by atoms with Crippen LogP contribution in [-0.2, 0) is 0 Å². The van der Waals surface area contributed by atoms with Crippen molar-refractivity contribution in [2.75, 3.05) is 18.2 Å². The molecule has 0 fully saturated rings. The maximum Gasteiger partial charge on any atom is 0.257 e. The molecule has 2 aromatic rings. The summed E-state index contributed by atoms with van der Waals surface area (Å²) < 4.78 is 5.14. The number of methoxy groups -OCH3 is 1. The number of halogens is 1. The number of hydrogen-bond acceptors (Lipinski definition) is 5. The Kier molecular flexibility index (Phi) is 4.26. The third-order valence-electron chi connectivity index (χ3n) is 2.73. The first-order valence-corrected chi connectivity index (χ1v) is 6.24. The Morgan fingerprint density at radius 3 is 2.95 bits per heavy atom. The first kappa shape index (κ1) is 14.6. The van der Waals surface area contributed by atoms with Gasteiger partial charge in [-0.05, 0) is 18.2 Å². The number of nitrogens with two attached hydrogens (primary N) is 1. The summed E-state index contributed by atoms with van der Waals surface area (Å²) in [6.07, 6.45) is 1.29. The van der Waals surface area contributed by atoms with E-state index in [1.54, 1.807) is 18.2 Å². The molecule has 2 rings (SSSR count). The van der Waals surface area contributed by atoms with Gasteiger partial charge in [0.25, 0.3) is 5.91 Å². The molecule has 0 aliphatic heterocycles. The minimum Gasteiger partial charge on any atom is -0.495 e. The number of nitriles is 1. The van der Waals surface area contributed by atoms with Crippen molar-refractivity contribution in [3.8, 4) is 11.8 Å². The number of ether oxygens (including phenoxy) is 1. The highest BCUT2D eigenvalue weighted by atomic mass is 35.5. The quantitative estimate of drug-likeness (QED) is 0.907. The summed E-state index contributed by atoms with van der Waals surface area (Å²) in [5.41, 5.74) is 6.27. The van der Waals surface area contributed by atoms with Gasteiger partial charge >= 0.3 is 0 Å². The predicted octanol–water partition coefficient (Wildman–Crippen LogP) is 2.45. The number of nitrogen functional groups attached to an aromatic ring is 1. The van der Waals surface area contributed by atoms with Gasteiger partial charge in [-0.2, -0.15) is 5.26 Å². The van der Waals surface area contributed by atoms with E-state index in [1.165, 1.54) is 19.4 Å². The Bertz CT molecular complexity index is 740. The number of benzene rings is 1. The molecule has 0 radical (unpaired) electrons. The van der Waals surface area contributed by atoms with Crippen LogP contribution in [0.3, 0.4) is 0 Å². The van der Waals surface area contributed by atoms with Gasteiger partial charge in [0.05, 0.1) is 23.3 Å². The van der Waals surface area contributed by atoms with Gasteiger partial charge in [-0.1, -0.05) is 17.7 Å². The number of amides is 1. The minimum absolute atomic E-state index is 0.162. The number of nitrogens with zero attached hydrogens (tertiary/aromatic N) is 2. The number of aromatic nitrogens is 1. The monoisotopic (exact) mass is 302 g/mol. The van der Waals surface area contributed by atoms with E-state index in [4.69, 9.17) is 27.3 Å². The SMILES string of the molecule is COc1cccc(C#N)c1NC(=O)c1cc(N)ncc1Cl. The number of para-hydroxylation sites is 1. The fraction of sp³-hybridized carbons (Fsp3) is 0.0714. The number of pyridine rings is 1. The van der Waals surface area contributed by atoms with Crippen LogP contribution in [0.25, 0.3) is 0 Å². The van der Waals surface area contributed by atoms with Gasteiger partial charge in [-0.25, -0.2) is 4.98 Å². The van der Waals surface area contributed by atoms with E-state index >= 15 is 0 Å². The summed E-state index contributed by atoms with van der Waals surface area (Å²) in [5, 5.41) is 11.9. The van der Waals surface area contributed by atoms with Crippen molar-refractivity contribution in [2.24, 2.45) is 0 Å². The molecule has 0 spiro atoms. The topological polar surface area (TPSA) is 101 Å². The Balaban J connectivity index is 2.41. The summed E-state index contributed by atoms with van der Waals surface area (Å²) in [5.74, 6) is 0.0423. The zero-order valence-corrected chi connectivity index (χ0v) is 11.8. The maximum atomic E-state index is 12.3. The fourth-order valence-electron chi connectivity index (χ4n) is 1.73. The number of rotatable bonds is 3. The standard InChI is InChI=1S/C14H11ClN4O2/c1-21-11-4-2-3-8(6-16)13(11)19-14(20)9-5-12(17)18-7-10(9)15/h2-5,7H,1H3,(H2,17,18)(H,19,20). The van der Waals surface area contributed by atoms with E-state index in [0.717, 1.165) is 0 Å². The third-order valence-corrected chi connectivity index (χ3v) is 3.03. The molecule has 1 aromatic carbocycles.